The highest BCUT2D eigenvalue weighted by atomic mass is 33.1. The van der Waals surface area contributed by atoms with Gasteiger partial charge in [0.05, 0.1) is 0 Å². The van der Waals surface area contributed by atoms with Crippen LogP contribution in [0.2, 0.25) is 0 Å². The summed E-state index contributed by atoms with van der Waals surface area (Å²) in [5, 5.41) is 0. The number of hydrogen-bond acceptors (Lipinski definition) is 2. The Morgan fingerprint density at radius 2 is 1.00 bits per heavy atom. The average Bonchev–Trinajstić information content (AvgIpc) is 2.91. The van der Waals surface area contributed by atoms with E-state index in [1.54, 1.807) is 0 Å². The zero-order valence-electron chi connectivity index (χ0n) is 23.5. The van der Waals surface area contributed by atoms with E-state index in [4.69, 9.17) is 0 Å². The molecule has 0 bridgehead atoms. The van der Waals surface area contributed by atoms with Crippen LogP contribution in [-0.4, -0.2) is 5.75 Å². The third kappa shape index (κ3) is 16.0. The summed E-state index contributed by atoms with van der Waals surface area (Å²) >= 11 is 0. The average molecular weight is 531 g/mol. The predicted octanol–water partition coefficient (Wildman–Crippen LogP) is 9.53. The minimum atomic E-state index is 1.16. The maximum absolute atomic E-state index is 2.36. The molecule has 202 valence electrons. The van der Waals surface area contributed by atoms with Crippen molar-refractivity contribution in [3.05, 3.63) is 54.6 Å². The van der Waals surface area contributed by atoms with Gasteiger partial charge in [-0.25, -0.2) is 9.13 Å². The fourth-order valence-electron chi connectivity index (χ4n) is 4.55. The second-order valence-electron chi connectivity index (χ2n) is 10.3. The minimum Gasteiger partial charge on any atom is -0.205 e. The monoisotopic (exact) mass is 530 g/mol. The fourth-order valence-corrected chi connectivity index (χ4v) is 6.67. The zero-order chi connectivity index (χ0) is 25.5. The van der Waals surface area contributed by atoms with Crippen molar-refractivity contribution in [2.24, 2.45) is 0 Å². The first kappa shape index (κ1) is 31.2. The maximum atomic E-state index is 2.36. The summed E-state index contributed by atoms with van der Waals surface area (Å²) in [5.74, 6) is 1.25. The lowest BCUT2D eigenvalue weighted by Crippen LogP contribution is -2.32. The number of aryl methyl sites for hydroxylation is 3. The maximum Gasteiger partial charge on any atom is 0.169 e. The van der Waals surface area contributed by atoms with Crippen molar-refractivity contribution in [1.29, 1.82) is 0 Å². The molecule has 0 N–H and O–H groups in total. The van der Waals surface area contributed by atoms with E-state index in [1.807, 2.05) is 21.6 Å². The van der Waals surface area contributed by atoms with E-state index < -0.39 is 0 Å². The van der Waals surface area contributed by atoms with E-state index >= 15 is 0 Å². The number of pyridine rings is 2. The summed E-state index contributed by atoms with van der Waals surface area (Å²) in [6, 6.07) is 9.24. The van der Waals surface area contributed by atoms with Crippen LogP contribution < -0.4 is 9.13 Å². The van der Waals surface area contributed by atoms with E-state index in [9.17, 15) is 0 Å². The van der Waals surface area contributed by atoms with Crippen LogP contribution in [0.1, 0.15) is 122 Å². The van der Waals surface area contributed by atoms with Gasteiger partial charge in [-0.15, -0.1) is 0 Å². The Morgan fingerprint density at radius 3 is 1.58 bits per heavy atom. The molecule has 0 spiro atoms. The molecule has 36 heavy (non-hydrogen) atoms. The first-order valence-corrected chi connectivity index (χ1v) is 17.4. The molecule has 2 heterocycles. The van der Waals surface area contributed by atoms with Gasteiger partial charge >= 0.3 is 0 Å². The van der Waals surface area contributed by atoms with Crippen molar-refractivity contribution in [3.8, 4) is 0 Å². The first-order chi connectivity index (χ1) is 17.8. The molecule has 2 aromatic rings. The van der Waals surface area contributed by atoms with Gasteiger partial charge in [0.2, 0.25) is 0 Å². The van der Waals surface area contributed by atoms with Crippen LogP contribution in [-0.2, 0) is 19.5 Å². The van der Waals surface area contributed by atoms with Crippen LogP contribution >= 0.6 is 21.6 Å². The number of unbranched alkanes of at least 4 members (excludes halogenated alkanes) is 13. The third-order valence-corrected chi connectivity index (χ3v) is 9.43. The molecule has 4 heteroatoms. The second kappa shape index (κ2) is 22.0. The number of aromatic nitrogens is 2. The Bertz CT molecular complexity index is 680. The number of hydrogen-bond donors (Lipinski definition) is 0. The van der Waals surface area contributed by atoms with Crippen molar-refractivity contribution < 1.29 is 9.13 Å². The number of rotatable bonds is 23. The summed E-state index contributed by atoms with van der Waals surface area (Å²) in [6.07, 6.45) is 32.1. The van der Waals surface area contributed by atoms with Gasteiger partial charge in [-0.1, -0.05) is 99.6 Å². The van der Waals surface area contributed by atoms with Gasteiger partial charge in [0.1, 0.15) is 13.1 Å². The zero-order valence-corrected chi connectivity index (χ0v) is 25.1. The van der Waals surface area contributed by atoms with Crippen LogP contribution in [0.3, 0.4) is 0 Å². The number of nitrogens with zero attached hydrogens (tertiary/aromatic N) is 2. The molecule has 0 unspecified atom stereocenters. The molecule has 0 fully saturated rings. The summed E-state index contributed by atoms with van der Waals surface area (Å²) in [7, 11) is 3.95. The van der Waals surface area contributed by atoms with Crippen molar-refractivity contribution in [3.63, 3.8) is 0 Å². The van der Waals surface area contributed by atoms with Crippen LogP contribution in [0.4, 0.5) is 0 Å². The first-order valence-electron chi connectivity index (χ1n) is 15.1. The van der Waals surface area contributed by atoms with Crippen LogP contribution in [0.15, 0.2) is 53.9 Å². The Labute approximate surface area is 231 Å². The summed E-state index contributed by atoms with van der Waals surface area (Å²) in [6.45, 7) is 6.90. The van der Waals surface area contributed by atoms with Gasteiger partial charge in [0.25, 0.3) is 0 Å². The Hall–Kier alpha value is -1.00. The molecule has 0 saturated heterocycles. The van der Waals surface area contributed by atoms with E-state index in [0.717, 1.165) is 6.54 Å². The molecule has 0 saturated carbocycles. The Balaban J connectivity index is 1.43. The van der Waals surface area contributed by atoms with Gasteiger partial charge in [0, 0.05) is 47.8 Å². The molecule has 0 aliphatic carbocycles. The van der Waals surface area contributed by atoms with E-state index in [1.165, 1.54) is 132 Å². The van der Waals surface area contributed by atoms with Crippen LogP contribution in [0.5, 0.6) is 0 Å². The highest BCUT2D eigenvalue weighted by molar-refractivity contribution is 8.76. The molecule has 0 aliphatic rings. The van der Waals surface area contributed by atoms with Crippen LogP contribution in [0, 0.1) is 0 Å². The van der Waals surface area contributed by atoms with E-state index in [-0.39, 0.29) is 0 Å². The highest BCUT2D eigenvalue weighted by Crippen LogP contribution is 2.31. The molecule has 2 aromatic heterocycles. The Morgan fingerprint density at radius 1 is 0.528 bits per heavy atom. The standard InChI is InChI=1S/C32H54N2S2/c1-3-5-7-9-12-16-24-33-26-20-31(21-27-33)19-15-11-14-18-30-35-36-32-22-28-34(29-23-32)25-17-13-10-8-6-4-2/h20-23,26-29H,3-19,24-25,30H2,1-2H3/q+2. The van der Waals surface area contributed by atoms with Gasteiger partial charge < -0.3 is 0 Å². The SMILES string of the molecule is CCCCCCCC[n+]1ccc(CCCCCCSSc2cc[n+](CCCCCCCC)cc2)cc1. The molecular weight excluding hydrogens is 477 g/mol. The normalized spacial score (nSPS) is 11.3. The summed E-state index contributed by atoms with van der Waals surface area (Å²) in [5.41, 5.74) is 1.50. The molecule has 2 rings (SSSR count). The van der Waals surface area contributed by atoms with Gasteiger partial charge in [-0.2, -0.15) is 0 Å². The quantitative estimate of drug-likeness (QED) is 0.0802. The largest absolute Gasteiger partial charge is 0.205 e. The molecule has 0 atom stereocenters. The molecule has 0 radical (unpaired) electrons. The van der Waals surface area contributed by atoms with E-state index in [0.29, 0.717) is 0 Å². The highest BCUT2D eigenvalue weighted by Gasteiger charge is 2.04. The predicted molar refractivity (Wildman–Crippen MR) is 161 cm³/mol. The summed E-state index contributed by atoms with van der Waals surface area (Å²) < 4.78 is 4.70. The van der Waals surface area contributed by atoms with Crippen molar-refractivity contribution in [2.75, 3.05) is 5.75 Å². The van der Waals surface area contributed by atoms with Crippen LogP contribution in [0.25, 0.3) is 0 Å². The molecule has 0 aromatic carbocycles. The van der Waals surface area contributed by atoms with Gasteiger partial charge in [-0.05, 0) is 37.7 Å². The molecule has 0 amide bonds. The van der Waals surface area contributed by atoms with Gasteiger partial charge in [0.15, 0.2) is 24.8 Å². The van der Waals surface area contributed by atoms with Crippen molar-refractivity contribution >= 4 is 21.6 Å². The van der Waals surface area contributed by atoms with Crippen molar-refractivity contribution in [2.45, 2.75) is 141 Å². The second-order valence-corrected chi connectivity index (χ2v) is 12.8. The summed E-state index contributed by atoms with van der Waals surface area (Å²) in [4.78, 5) is 1.39. The Kier molecular flexibility index (Phi) is 19.1. The van der Waals surface area contributed by atoms with E-state index in [2.05, 4.69) is 72.0 Å². The third-order valence-electron chi connectivity index (χ3n) is 6.96. The van der Waals surface area contributed by atoms with Gasteiger partial charge in [-0.3, -0.25) is 0 Å². The minimum absolute atomic E-state index is 1.16. The fraction of sp³-hybridized carbons (Fsp3) is 0.688. The van der Waals surface area contributed by atoms with Crippen molar-refractivity contribution in [1.82, 2.24) is 0 Å². The molecular formula is C32H54N2S2+2. The smallest absolute Gasteiger partial charge is 0.169 e. The molecule has 0 aliphatic heterocycles. The lowest BCUT2D eigenvalue weighted by Gasteiger charge is -2.03. The lowest BCUT2D eigenvalue weighted by molar-refractivity contribution is -0.697. The molecule has 2 nitrogen and oxygen atoms in total. The lowest BCUT2D eigenvalue weighted by atomic mass is 10.1. The topological polar surface area (TPSA) is 7.76 Å².